The van der Waals surface area contributed by atoms with Gasteiger partial charge in [0, 0.05) is 50.7 Å². The van der Waals surface area contributed by atoms with Gasteiger partial charge in [0.2, 0.25) is 0 Å². The monoisotopic (exact) mass is 422 g/mol. The highest BCUT2D eigenvalue weighted by Crippen LogP contribution is 2.29. The number of nitrogens with zero attached hydrogens (tertiary/aromatic N) is 3. The third-order valence-electron chi connectivity index (χ3n) is 4.17. The average molecular weight is 423 g/mol. The van der Waals surface area contributed by atoms with Gasteiger partial charge in [-0.2, -0.15) is 0 Å². The lowest BCUT2D eigenvalue weighted by molar-refractivity contribution is -0.107. The third-order valence-corrected chi connectivity index (χ3v) is 5.32. The smallest absolute Gasteiger partial charge is 0.186 e. The number of anilines is 2. The maximum absolute atomic E-state index is 13.1. The fraction of sp³-hybridized carbons (Fsp3) is 0.174. The lowest BCUT2D eigenvalue weighted by Gasteiger charge is -2.14. The molecular formula is C23H23FN4OS. The molecule has 0 bridgehead atoms. The molecule has 0 spiro atoms. The van der Waals surface area contributed by atoms with Crippen molar-refractivity contribution in [3.05, 3.63) is 84.4 Å². The lowest BCUT2D eigenvalue weighted by atomic mass is 10.3. The van der Waals surface area contributed by atoms with E-state index >= 15 is 0 Å². The molecule has 30 heavy (non-hydrogen) atoms. The Morgan fingerprint density at radius 1 is 1.13 bits per heavy atom. The van der Waals surface area contributed by atoms with Gasteiger partial charge in [-0.15, -0.1) is 0 Å². The fourth-order valence-electron chi connectivity index (χ4n) is 2.72. The summed E-state index contributed by atoms with van der Waals surface area (Å²) in [5, 5.41) is 3.99. The predicted octanol–water partition coefficient (Wildman–Crippen LogP) is 5.15. The molecule has 7 heteroatoms. The Balaban J connectivity index is 0.000000199. The van der Waals surface area contributed by atoms with Crippen LogP contribution >= 0.6 is 11.3 Å². The minimum absolute atomic E-state index is 0.251. The van der Waals surface area contributed by atoms with Crippen molar-refractivity contribution in [3.63, 3.8) is 0 Å². The van der Waals surface area contributed by atoms with Crippen molar-refractivity contribution < 1.29 is 9.18 Å². The molecule has 5 nitrogen and oxygen atoms in total. The quantitative estimate of drug-likeness (QED) is 0.330. The summed E-state index contributed by atoms with van der Waals surface area (Å²) >= 11 is 1.56. The van der Waals surface area contributed by atoms with Crippen LogP contribution in [0.25, 0.3) is 10.2 Å². The molecule has 0 saturated carbocycles. The molecule has 4 aromatic rings. The summed E-state index contributed by atoms with van der Waals surface area (Å²) in [5.41, 5.74) is 2.89. The van der Waals surface area contributed by atoms with Crippen molar-refractivity contribution in [2.75, 3.05) is 23.8 Å². The second-order valence-electron chi connectivity index (χ2n) is 6.57. The Kier molecular flexibility index (Phi) is 7.86. The van der Waals surface area contributed by atoms with Crippen LogP contribution in [0.1, 0.15) is 12.0 Å². The van der Waals surface area contributed by atoms with Crippen LogP contribution in [0.15, 0.2) is 73.1 Å². The first kappa shape index (κ1) is 21.4. The number of halogens is 1. The number of fused-ring (bicyclic) bond motifs is 1. The minimum atomic E-state index is -0.251. The van der Waals surface area contributed by atoms with E-state index < -0.39 is 0 Å². The summed E-state index contributed by atoms with van der Waals surface area (Å²) in [6.45, 7) is 1.45. The summed E-state index contributed by atoms with van der Waals surface area (Å²) in [6, 6.07) is 18.5. The Labute approximate surface area is 179 Å². The second kappa shape index (κ2) is 11.0. The van der Waals surface area contributed by atoms with E-state index in [0.29, 0.717) is 18.5 Å². The first-order chi connectivity index (χ1) is 14.7. The number of nitrogens with one attached hydrogen (secondary N) is 1. The summed E-state index contributed by atoms with van der Waals surface area (Å²) in [6.07, 6.45) is 5.07. The van der Waals surface area contributed by atoms with Crippen molar-refractivity contribution in [3.8, 4) is 0 Å². The molecule has 2 heterocycles. The molecule has 0 atom stereocenters. The van der Waals surface area contributed by atoms with Gasteiger partial charge in [-0.3, -0.25) is 4.98 Å². The molecule has 0 aliphatic heterocycles. The lowest BCUT2D eigenvalue weighted by Crippen LogP contribution is -2.15. The van der Waals surface area contributed by atoms with Crippen LogP contribution in [0.5, 0.6) is 0 Å². The highest BCUT2D eigenvalue weighted by atomic mass is 32.1. The Hall–Kier alpha value is -3.32. The van der Waals surface area contributed by atoms with Crippen LogP contribution in [-0.4, -0.2) is 29.8 Å². The van der Waals surface area contributed by atoms with Gasteiger partial charge in [0.1, 0.15) is 12.1 Å². The summed E-state index contributed by atoms with van der Waals surface area (Å²) in [5.74, 6) is -0.251. The maximum atomic E-state index is 13.1. The fourth-order valence-corrected chi connectivity index (χ4v) is 3.62. The molecule has 154 valence electrons. The van der Waals surface area contributed by atoms with E-state index in [1.807, 2.05) is 60.6 Å². The summed E-state index contributed by atoms with van der Waals surface area (Å²) < 4.78 is 14.1. The number of benzene rings is 2. The second-order valence-corrected chi connectivity index (χ2v) is 7.58. The molecule has 0 aliphatic carbocycles. The molecule has 0 saturated heterocycles. The van der Waals surface area contributed by atoms with Gasteiger partial charge >= 0.3 is 0 Å². The van der Waals surface area contributed by atoms with Crippen LogP contribution in [0.3, 0.4) is 0 Å². The molecule has 2 aromatic carbocycles. The SMILES string of the molecule is CN(Cc1cccnc1)c1nc2cc(F)ccc2s1.O=CCCNc1ccccc1. The Morgan fingerprint density at radius 3 is 2.70 bits per heavy atom. The van der Waals surface area contributed by atoms with Gasteiger partial charge in [-0.05, 0) is 35.9 Å². The van der Waals surface area contributed by atoms with Crippen LogP contribution in [0.2, 0.25) is 0 Å². The van der Waals surface area contributed by atoms with Gasteiger partial charge in [0.25, 0.3) is 0 Å². The number of thiazole rings is 1. The number of para-hydroxylation sites is 1. The van der Waals surface area contributed by atoms with E-state index in [2.05, 4.69) is 15.3 Å². The highest BCUT2D eigenvalue weighted by molar-refractivity contribution is 7.22. The van der Waals surface area contributed by atoms with Gasteiger partial charge in [0.15, 0.2) is 5.13 Å². The topological polar surface area (TPSA) is 58.1 Å². The number of rotatable bonds is 7. The van der Waals surface area contributed by atoms with Gasteiger partial charge in [0.05, 0.1) is 10.2 Å². The number of hydrogen-bond donors (Lipinski definition) is 1. The maximum Gasteiger partial charge on any atom is 0.186 e. The van der Waals surface area contributed by atoms with E-state index in [-0.39, 0.29) is 5.82 Å². The zero-order valence-electron chi connectivity index (χ0n) is 16.7. The standard InChI is InChI=1S/C14H12FN3S.C9H11NO/c1-18(9-10-3-2-6-16-8-10)14-17-12-7-11(15)4-5-13(12)19-14;11-8-4-7-10-9-5-2-1-3-6-9/h2-8H,9H2,1H3;1-3,5-6,8,10H,4,7H2. The van der Waals surface area contributed by atoms with E-state index in [1.54, 1.807) is 23.6 Å². The molecule has 4 rings (SSSR count). The number of pyridine rings is 1. The van der Waals surface area contributed by atoms with E-state index in [4.69, 9.17) is 0 Å². The van der Waals surface area contributed by atoms with Crippen molar-refractivity contribution >= 4 is 38.7 Å². The number of carbonyl (C=O) groups is 1. The van der Waals surface area contributed by atoms with E-state index in [9.17, 15) is 9.18 Å². The normalized spacial score (nSPS) is 10.2. The van der Waals surface area contributed by atoms with Crippen LogP contribution < -0.4 is 10.2 Å². The average Bonchev–Trinajstić information content (AvgIpc) is 3.19. The van der Waals surface area contributed by atoms with Crippen molar-refractivity contribution in [1.29, 1.82) is 0 Å². The zero-order chi connectivity index (χ0) is 21.2. The number of aromatic nitrogens is 2. The third kappa shape index (κ3) is 6.35. The molecule has 1 N–H and O–H groups in total. The molecule has 0 radical (unpaired) electrons. The van der Waals surface area contributed by atoms with Crippen molar-refractivity contribution in [1.82, 2.24) is 9.97 Å². The largest absolute Gasteiger partial charge is 0.385 e. The first-order valence-electron chi connectivity index (χ1n) is 9.54. The van der Waals surface area contributed by atoms with Crippen molar-refractivity contribution in [2.24, 2.45) is 0 Å². The first-order valence-corrected chi connectivity index (χ1v) is 10.4. The van der Waals surface area contributed by atoms with Gasteiger partial charge < -0.3 is 15.0 Å². The van der Waals surface area contributed by atoms with Crippen LogP contribution in [0, 0.1) is 5.82 Å². The Bertz CT molecular complexity index is 1060. The Morgan fingerprint density at radius 2 is 1.97 bits per heavy atom. The van der Waals surface area contributed by atoms with Crippen LogP contribution in [-0.2, 0) is 11.3 Å². The zero-order valence-corrected chi connectivity index (χ0v) is 17.5. The number of carbonyl (C=O) groups excluding carboxylic acids is 1. The van der Waals surface area contributed by atoms with Gasteiger partial charge in [-0.25, -0.2) is 9.37 Å². The molecule has 0 unspecified atom stereocenters. The van der Waals surface area contributed by atoms with Crippen LogP contribution in [0.4, 0.5) is 15.2 Å². The highest BCUT2D eigenvalue weighted by Gasteiger charge is 2.09. The molecular weight excluding hydrogens is 399 g/mol. The number of hydrogen-bond acceptors (Lipinski definition) is 6. The predicted molar refractivity (Wildman–Crippen MR) is 122 cm³/mol. The molecule has 0 amide bonds. The van der Waals surface area contributed by atoms with Crippen molar-refractivity contribution in [2.45, 2.75) is 13.0 Å². The van der Waals surface area contributed by atoms with E-state index in [1.165, 1.54) is 12.1 Å². The summed E-state index contributed by atoms with van der Waals surface area (Å²) in [4.78, 5) is 20.5. The summed E-state index contributed by atoms with van der Waals surface area (Å²) in [7, 11) is 1.97. The minimum Gasteiger partial charge on any atom is -0.385 e. The van der Waals surface area contributed by atoms with Gasteiger partial charge in [-0.1, -0.05) is 35.6 Å². The molecule has 0 fully saturated rings. The number of aldehydes is 1. The molecule has 2 aromatic heterocycles. The molecule has 0 aliphatic rings. The van der Waals surface area contributed by atoms with E-state index in [0.717, 1.165) is 33.9 Å².